The molecule has 1 aromatic rings. The SMILES string of the molecule is CC1(C)CCC(CN)CN1Cc1ccncc1. The highest BCUT2D eigenvalue weighted by atomic mass is 15.2. The molecule has 1 saturated heterocycles. The zero-order valence-electron chi connectivity index (χ0n) is 10.9. The lowest BCUT2D eigenvalue weighted by Crippen LogP contribution is -2.51. The maximum Gasteiger partial charge on any atom is 0.0271 e. The molecule has 1 atom stereocenters. The van der Waals surface area contributed by atoms with Gasteiger partial charge in [0.05, 0.1) is 0 Å². The van der Waals surface area contributed by atoms with Crippen LogP contribution in [-0.4, -0.2) is 28.5 Å². The lowest BCUT2D eigenvalue weighted by atomic mass is 9.84. The molecule has 0 radical (unpaired) electrons. The Hall–Kier alpha value is -0.930. The quantitative estimate of drug-likeness (QED) is 0.868. The number of nitrogens with zero attached hydrogens (tertiary/aromatic N) is 2. The highest BCUT2D eigenvalue weighted by Crippen LogP contribution is 2.31. The first-order valence-electron chi connectivity index (χ1n) is 6.46. The summed E-state index contributed by atoms with van der Waals surface area (Å²) >= 11 is 0. The number of hydrogen-bond acceptors (Lipinski definition) is 3. The maximum absolute atomic E-state index is 5.81. The van der Waals surface area contributed by atoms with E-state index in [2.05, 4.69) is 35.9 Å². The van der Waals surface area contributed by atoms with Gasteiger partial charge in [-0.25, -0.2) is 0 Å². The van der Waals surface area contributed by atoms with E-state index < -0.39 is 0 Å². The van der Waals surface area contributed by atoms with E-state index in [0.29, 0.717) is 5.92 Å². The van der Waals surface area contributed by atoms with Gasteiger partial charge in [0.15, 0.2) is 0 Å². The van der Waals surface area contributed by atoms with Gasteiger partial charge >= 0.3 is 0 Å². The minimum Gasteiger partial charge on any atom is -0.330 e. The fraction of sp³-hybridized carbons (Fsp3) is 0.643. The highest BCUT2D eigenvalue weighted by molar-refractivity contribution is 5.10. The zero-order chi connectivity index (χ0) is 12.3. The van der Waals surface area contributed by atoms with Crippen LogP contribution in [0.4, 0.5) is 0 Å². The van der Waals surface area contributed by atoms with Crippen LogP contribution in [0.1, 0.15) is 32.3 Å². The Balaban J connectivity index is 2.06. The van der Waals surface area contributed by atoms with Crippen molar-refractivity contribution in [3.8, 4) is 0 Å². The van der Waals surface area contributed by atoms with Gasteiger partial charge in [0.25, 0.3) is 0 Å². The summed E-state index contributed by atoms with van der Waals surface area (Å²) < 4.78 is 0. The van der Waals surface area contributed by atoms with E-state index >= 15 is 0 Å². The molecule has 3 nitrogen and oxygen atoms in total. The van der Waals surface area contributed by atoms with Crippen molar-refractivity contribution < 1.29 is 0 Å². The number of pyridine rings is 1. The van der Waals surface area contributed by atoms with Gasteiger partial charge in [-0.15, -0.1) is 0 Å². The topological polar surface area (TPSA) is 42.1 Å². The predicted octanol–water partition coefficient (Wildman–Crippen LogP) is 2.03. The molecular weight excluding hydrogens is 210 g/mol. The first kappa shape index (κ1) is 12.5. The third-order valence-corrected chi connectivity index (χ3v) is 3.96. The molecule has 0 bridgehead atoms. The molecule has 1 unspecified atom stereocenters. The normalized spacial score (nSPS) is 24.8. The summed E-state index contributed by atoms with van der Waals surface area (Å²) in [5.74, 6) is 0.657. The van der Waals surface area contributed by atoms with Crippen LogP contribution in [-0.2, 0) is 6.54 Å². The van der Waals surface area contributed by atoms with Crippen LogP contribution < -0.4 is 5.73 Å². The number of likely N-dealkylation sites (tertiary alicyclic amines) is 1. The van der Waals surface area contributed by atoms with Crippen LogP contribution in [0.5, 0.6) is 0 Å². The van der Waals surface area contributed by atoms with Gasteiger partial charge in [-0.2, -0.15) is 0 Å². The number of rotatable bonds is 3. The van der Waals surface area contributed by atoms with E-state index in [9.17, 15) is 0 Å². The van der Waals surface area contributed by atoms with Gasteiger partial charge < -0.3 is 5.73 Å². The third kappa shape index (κ3) is 3.05. The Morgan fingerprint density at radius 2 is 2.12 bits per heavy atom. The maximum atomic E-state index is 5.81. The van der Waals surface area contributed by atoms with Crippen LogP contribution in [0.3, 0.4) is 0 Å². The van der Waals surface area contributed by atoms with Crippen molar-refractivity contribution in [2.75, 3.05) is 13.1 Å². The molecule has 1 aliphatic rings. The van der Waals surface area contributed by atoms with Gasteiger partial charge in [0.2, 0.25) is 0 Å². The molecule has 2 N–H and O–H groups in total. The van der Waals surface area contributed by atoms with E-state index in [1.54, 1.807) is 0 Å². The van der Waals surface area contributed by atoms with E-state index in [1.807, 2.05) is 12.4 Å². The Labute approximate surface area is 104 Å². The van der Waals surface area contributed by atoms with Crippen molar-refractivity contribution in [3.63, 3.8) is 0 Å². The Morgan fingerprint density at radius 1 is 1.41 bits per heavy atom. The summed E-state index contributed by atoms with van der Waals surface area (Å²) in [5, 5.41) is 0. The standard InChI is InChI=1S/C14H23N3/c1-14(2)6-3-13(9-15)11-17(14)10-12-4-7-16-8-5-12/h4-5,7-8,13H,3,6,9-11,15H2,1-2H3. The molecule has 0 saturated carbocycles. The lowest BCUT2D eigenvalue weighted by molar-refractivity contribution is 0.0403. The number of piperidine rings is 1. The van der Waals surface area contributed by atoms with Crippen LogP contribution in [0.25, 0.3) is 0 Å². The minimum absolute atomic E-state index is 0.287. The molecule has 2 heterocycles. The van der Waals surface area contributed by atoms with Crippen molar-refractivity contribution >= 4 is 0 Å². The molecule has 0 spiro atoms. The molecule has 94 valence electrons. The van der Waals surface area contributed by atoms with Crippen molar-refractivity contribution in [1.29, 1.82) is 0 Å². The van der Waals surface area contributed by atoms with Crippen molar-refractivity contribution in [3.05, 3.63) is 30.1 Å². The fourth-order valence-corrected chi connectivity index (χ4v) is 2.55. The summed E-state index contributed by atoms with van der Waals surface area (Å²) in [6.07, 6.45) is 6.23. The molecule has 0 amide bonds. The van der Waals surface area contributed by atoms with E-state index in [0.717, 1.165) is 19.6 Å². The summed E-state index contributed by atoms with van der Waals surface area (Å²) in [7, 11) is 0. The second-order valence-electron chi connectivity index (χ2n) is 5.69. The van der Waals surface area contributed by atoms with Crippen LogP contribution in [0.15, 0.2) is 24.5 Å². The first-order valence-corrected chi connectivity index (χ1v) is 6.46. The largest absolute Gasteiger partial charge is 0.330 e. The van der Waals surface area contributed by atoms with E-state index in [-0.39, 0.29) is 5.54 Å². The average Bonchev–Trinajstić information content (AvgIpc) is 2.33. The van der Waals surface area contributed by atoms with Gasteiger partial charge in [0.1, 0.15) is 0 Å². The number of aromatic nitrogens is 1. The van der Waals surface area contributed by atoms with E-state index in [1.165, 1.54) is 18.4 Å². The smallest absolute Gasteiger partial charge is 0.0271 e. The van der Waals surface area contributed by atoms with Crippen molar-refractivity contribution in [1.82, 2.24) is 9.88 Å². The number of nitrogens with two attached hydrogens (primary N) is 1. The van der Waals surface area contributed by atoms with Crippen molar-refractivity contribution in [2.45, 2.75) is 38.8 Å². The molecule has 0 aromatic carbocycles. The molecule has 1 aromatic heterocycles. The van der Waals surface area contributed by atoms with Crippen LogP contribution >= 0.6 is 0 Å². The molecule has 0 aliphatic carbocycles. The molecule has 2 rings (SSSR count). The summed E-state index contributed by atoms with van der Waals surface area (Å²) in [4.78, 5) is 6.63. The second-order valence-corrected chi connectivity index (χ2v) is 5.69. The lowest BCUT2D eigenvalue weighted by Gasteiger charge is -2.45. The Morgan fingerprint density at radius 3 is 2.76 bits per heavy atom. The van der Waals surface area contributed by atoms with Crippen LogP contribution in [0.2, 0.25) is 0 Å². The molecule has 1 aliphatic heterocycles. The minimum atomic E-state index is 0.287. The van der Waals surface area contributed by atoms with E-state index in [4.69, 9.17) is 5.73 Å². The van der Waals surface area contributed by atoms with Gasteiger partial charge in [-0.3, -0.25) is 9.88 Å². The Kier molecular flexibility index (Phi) is 3.79. The molecule has 3 heteroatoms. The molecule has 17 heavy (non-hydrogen) atoms. The predicted molar refractivity (Wildman–Crippen MR) is 70.5 cm³/mol. The van der Waals surface area contributed by atoms with Gasteiger partial charge in [-0.05, 0) is 56.8 Å². The Bertz CT molecular complexity index is 348. The van der Waals surface area contributed by atoms with Gasteiger partial charge in [0, 0.05) is 31.0 Å². The average molecular weight is 233 g/mol. The first-order chi connectivity index (χ1) is 8.12. The second kappa shape index (κ2) is 5.15. The zero-order valence-corrected chi connectivity index (χ0v) is 10.9. The molecular formula is C14H23N3. The number of hydrogen-bond donors (Lipinski definition) is 1. The summed E-state index contributed by atoms with van der Waals surface area (Å²) in [6.45, 7) is 7.60. The fourth-order valence-electron chi connectivity index (χ4n) is 2.55. The van der Waals surface area contributed by atoms with Crippen molar-refractivity contribution in [2.24, 2.45) is 11.7 Å². The summed E-state index contributed by atoms with van der Waals surface area (Å²) in [6, 6.07) is 4.20. The monoisotopic (exact) mass is 233 g/mol. The van der Waals surface area contributed by atoms with Crippen LogP contribution in [0, 0.1) is 5.92 Å². The third-order valence-electron chi connectivity index (χ3n) is 3.96. The summed E-state index contributed by atoms with van der Waals surface area (Å²) in [5.41, 5.74) is 7.44. The highest BCUT2D eigenvalue weighted by Gasteiger charge is 2.33. The van der Waals surface area contributed by atoms with Gasteiger partial charge in [-0.1, -0.05) is 0 Å². The molecule has 1 fully saturated rings.